The number of carbonyl (C=O) groups is 2. The fraction of sp³-hybridized carbons (Fsp3) is 0.263. The molecule has 136 valence electrons. The number of likely N-dealkylation sites (tertiary alicyclic amines) is 1. The third-order valence-corrected chi connectivity index (χ3v) is 4.40. The Bertz CT molecular complexity index is 822. The number of nitrogens with one attached hydrogen (secondary N) is 1. The first kappa shape index (κ1) is 18.2. The highest BCUT2D eigenvalue weighted by Gasteiger charge is 2.18. The number of ether oxygens (including phenoxy) is 1. The quantitative estimate of drug-likeness (QED) is 0.865. The molecular weight excluding hydrogens is 359 g/mol. The number of carbonyl (C=O) groups excluding carboxylic acids is 2. The minimum atomic E-state index is -0.510. The summed E-state index contributed by atoms with van der Waals surface area (Å²) < 4.78 is 18.6. The van der Waals surface area contributed by atoms with E-state index in [1.807, 2.05) is 0 Å². The third-order valence-electron chi connectivity index (χ3n) is 4.09. The Morgan fingerprint density at radius 3 is 2.65 bits per heavy atom. The van der Waals surface area contributed by atoms with Gasteiger partial charge < -0.3 is 15.0 Å². The molecule has 0 unspecified atom stereocenters. The predicted octanol–water partition coefficient (Wildman–Crippen LogP) is 3.73. The molecule has 7 heteroatoms. The van der Waals surface area contributed by atoms with Crippen molar-refractivity contribution in [2.75, 3.05) is 25.0 Å². The summed E-state index contributed by atoms with van der Waals surface area (Å²) in [5, 5.41) is 2.71. The summed E-state index contributed by atoms with van der Waals surface area (Å²) in [6, 6.07) is 10.3. The fourth-order valence-electron chi connectivity index (χ4n) is 2.74. The Kier molecular flexibility index (Phi) is 5.73. The Morgan fingerprint density at radius 2 is 1.92 bits per heavy atom. The zero-order valence-corrected chi connectivity index (χ0v) is 14.8. The number of hydrogen-bond acceptors (Lipinski definition) is 3. The Hall–Kier alpha value is -2.60. The number of amides is 2. The minimum absolute atomic E-state index is 0.0334. The second-order valence-electron chi connectivity index (χ2n) is 5.98. The number of halogens is 2. The van der Waals surface area contributed by atoms with Gasteiger partial charge in [-0.05, 0) is 43.2 Å². The molecule has 1 aliphatic heterocycles. The lowest BCUT2D eigenvalue weighted by molar-refractivity contribution is -0.132. The Morgan fingerprint density at radius 1 is 1.15 bits per heavy atom. The Balaban J connectivity index is 1.61. The average molecular weight is 377 g/mol. The number of rotatable bonds is 5. The molecule has 1 saturated heterocycles. The molecule has 0 bridgehead atoms. The van der Waals surface area contributed by atoms with Crippen LogP contribution in [-0.2, 0) is 4.79 Å². The Labute approximate surface area is 155 Å². The summed E-state index contributed by atoms with van der Waals surface area (Å²) in [7, 11) is 0. The van der Waals surface area contributed by atoms with Crippen LogP contribution in [0.1, 0.15) is 23.2 Å². The van der Waals surface area contributed by atoms with Gasteiger partial charge in [0.2, 0.25) is 0 Å². The van der Waals surface area contributed by atoms with E-state index in [0.29, 0.717) is 11.4 Å². The van der Waals surface area contributed by atoms with Gasteiger partial charge in [-0.25, -0.2) is 4.39 Å². The first-order valence-electron chi connectivity index (χ1n) is 8.30. The second-order valence-corrected chi connectivity index (χ2v) is 6.39. The fourth-order valence-corrected chi connectivity index (χ4v) is 2.99. The van der Waals surface area contributed by atoms with E-state index in [1.54, 1.807) is 29.2 Å². The number of hydrogen-bond donors (Lipinski definition) is 1. The van der Waals surface area contributed by atoms with Crippen LogP contribution < -0.4 is 10.1 Å². The molecule has 2 aromatic carbocycles. The van der Waals surface area contributed by atoms with Crippen LogP contribution in [0.25, 0.3) is 0 Å². The molecule has 0 aromatic heterocycles. The maximum absolute atomic E-state index is 13.1. The van der Waals surface area contributed by atoms with Gasteiger partial charge in [0.05, 0.1) is 10.6 Å². The summed E-state index contributed by atoms with van der Waals surface area (Å²) in [4.78, 5) is 26.1. The standard InChI is InChI=1S/C19H18ClFN2O3/c20-17-10-13(21)6-7-16(17)19(25)22-14-4-3-5-15(11-14)26-12-18(24)23-8-1-2-9-23/h3-7,10-11H,1-2,8-9,12H2,(H,22,25). The molecule has 1 heterocycles. The number of benzene rings is 2. The first-order chi connectivity index (χ1) is 12.5. The van der Waals surface area contributed by atoms with Crippen molar-refractivity contribution in [2.45, 2.75) is 12.8 Å². The predicted molar refractivity (Wildman–Crippen MR) is 97.1 cm³/mol. The van der Waals surface area contributed by atoms with Gasteiger partial charge >= 0.3 is 0 Å². The maximum atomic E-state index is 13.1. The van der Waals surface area contributed by atoms with Gasteiger partial charge in [0.25, 0.3) is 11.8 Å². The van der Waals surface area contributed by atoms with E-state index in [4.69, 9.17) is 16.3 Å². The summed E-state index contributed by atoms with van der Waals surface area (Å²) in [6.45, 7) is 1.51. The number of nitrogens with zero attached hydrogens (tertiary/aromatic N) is 1. The van der Waals surface area contributed by atoms with E-state index in [9.17, 15) is 14.0 Å². The molecule has 1 N–H and O–H groups in total. The maximum Gasteiger partial charge on any atom is 0.260 e. The van der Waals surface area contributed by atoms with Crippen LogP contribution in [0.3, 0.4) is 0 Å². The van der Waals surface area contributed by atoms with Gasteiger partial charge in [-0.3, -0.25) is 9.59 Å². The second kappa shape index (κ2) is 8.19. The van der Waals surface area contributed by atoms with Crippen LogP contribution in [0.2, 0.25) is 5.02 Å². The van der Waals surface area contributed by atoms with Crippen LogP contribution in [-0.4, -0.2) is 36.4 Å². The molecule has 26 heavy (non-hydrogen) atoms. The molecule has 5 nitrogen and oxygen atoms in total. The van der Waals surface area contributed by atoms with Gasteiger partial charge in [-0.2, -0.15) is 0 Å². The normalized spacial score (nSPS) is 13.5. The molecule has 2 amide bonds. The molecule has 1 fully saturated rings. The lowest BCUT2D eigenvalue weighted by Crippen LogP contribution is -2.32. The third kappa shape index (κ3) is 4.52. The molecule has 0 radical (unpaired) electrons. The van der Waals surface area contributed by atoms with Crippen LogP contribution in [0, 0.1) is 5.82 Å². The lowest BCUT2D eigenvalue weighted by Gasteiger charge is -2.15. The van der Waals surface area contributed by atoms with Crippen molar-refractivity contribution < 1.29 is 18.7 Å². The van der Waals surface area contributed by atoms with Gasteiger partial charge in [0, 0.05) is 24.8 Å². The molecule has 0 spiro atoms. The van der Waals surface area contributed by atoms with Crippen LogP contribution in [0.15, 0.2) is 42.5 Å². The molecule has 0 saturated carbocycles. The van der Waals surface area contributed by atoms with Crippen LogP contribution >= 0.6 is 11.6 Å². The topological polar surface area (TPSA) is 58.6 Å². The van der Waals surface area contributed by atoms with E-state index in [-0.39, 0.29) is 23.1 Å². The zero-order chi connectivity index (χ0) is 18.5. The first-order valence-corrected chi connectivity index (χ1v) is 8.68. The number of anilines is 1. The van der Waals surface area contributed by atoms with Crippen molar-refractivity contribution in [3.63, 3.8) is 0 Å². The van der Waals surface area contributed by atoms with Gasteiger partial charge in [0.1, 0.15) is 11.6 Å². The summed E-state index contributed by atoms with van der Waals surface area (Å²) >= 11 is 5.90. The van der Waals surface area contributed by atoms with Crippen molar-refractivity contribution in [3.8, 4) is 5.75 Å². The molecule has 0 atom stereocenters. The average Bonchev–Trinajstić information content (AvgIpc) is 3.14. The smallest absolute Gasteiger partial charge is 0.260 e. The zero-order valence-electron chi connectivity index (χ0n) is 14.0. The lowest BCUT2D eigenvalue weighted by atomic mass is 10.2. The van der Waals surface area contributed by atoms with Crippen molar-refractivity contribution in [1.29, 1.82) is 0 Å². The van der Waals surface area contributed by atoms with Gasteiger partial charge in [-0.1, -0.05) is 17.7 Å². The van der Waals surface area contributed by atoms with Crippen molar-refractivity contribution >= 4 is 29.1 Å². The van der Waals surface area contributed by atoms with E-state index < -0.39 is 11.7 Å². The SMILES string of the molecule is O=C(Nc1cccc(OCC(=O)N2CCCC2)c1)c1ccc(F)cc1Cl. The highest BCUT2D eigenvalue weighted by atomic mass is 35.5. The molecule has 2 aromatic rings. The summed E-state index contributed by atoms with van der Waals surface area (Å²) in [5.41, 5.74) is 0.658. The van der Waals surface area contributed by atoms with E-state index >= 15 is 0 Å². The molecule has 3 rings (SSSR count). The summed E-state index contributed by atoms with van der Waals surface area (Å²) in [6.07, 6.45) is 2.05. The monoisotopic (exact) mass is 376 g/mol. The molecule has 0 aliphatic carbocycles. The van der Waals surface area contributed by atoms with Crippen molar-refractivity contribution in [1.82, 2.24) is 4.90 Å². The van der Waals surface area contributed by atoms with E-state index in [0.717, 1.165) is 32.0 Å². The van der Waals surface area contributed by atoms with Crippen LogP contribution in [0.4, 0.5) is 10.1 Å². The van der Waals surface area contributed by atoms with Crippen molar-refractivity contribution in [3.05, 3.63) is 58.9 Å². The van der Waals surface area contributed by atoms with E-state index in [1.165, 1.54) is 12.1 Å². The van der Waals surface area contributed by atoms with Gasteiger partial charge in [-0.15, -0.1) is 0 Å². The molecular formula is C19H18ClFN2O3. The van der Waals surface area contributed by atoms with Gasteiger partial charge in [0.15, 0.2) is 6.61 Å². The van der Waals surface area contributed by atoms with Crippen LogP contribution in [0.5, 0.6) is 5.75 Å². The van der Waals surface area contributed by atoms with Crippen molar-refractivity contribution in [2.24, 2.45) is 0 Å². The summed E-state index contributed by atoms with van der Waals surface area (Å²) in [5.74, 6) is -0.541. The minimum Gasteiger partial charge on any atom is -0.484 e. The molecule has 1 aliphatic rings. The van der Waals surface area contributed by atoms with E-state index in [2.05, 4.69) is 5.32 Å². The highest BCUT2D eigenvalue weighted by molar-refractivity contribution is 6.34. The highest BCUT2D eigenvalue weighted by Crippen LogP contribution is 2.21. The largest absolute Gasteiger partial charge is 0.484 e.